The van der Waals surface area contributed by atoms with Gasteiger partial charge in [0.15, 0.2) is 0 Å². The normalized spacial score (nSPS) is 13.2. The maximum Gasteiger partial charge on any atom is 0.123 e. The Hall–Kier alpha value is -1.10. The molecule has 1 rings (SSSR count). The molecule has 4 nitrogen and oxygen atoms in total. The highest BCUT2D eigenvalue weighted by Crippen LogP contribution is 2.32. The van der Waals surface area contributed by atoms with Crippen LogP contribution in [0.3, 0.4) is 0 Å². The summed E-state index contributed by atoms with van der Waals surface area (Å²) in [7, 11) is 1.66. The smallest absolute Gasteiger partial charge is 0.123 e. The van der Waals surface area contributed by atoms with Crippen molar-refractivity contribution in [2.24, 2.45) is 0 Å². The van der Waals surface area contributed by atoms with Crippen molar-refractivity contribution in [2.75, 3.05) is 33.4 Å². The van der Waals surface area contributed by atoms with Gasteiger partial charge in [0.2, 0.25) is 0 Å². The van der Waals surface area contributed by atoms with Crippen molar-refractivity contribution in [1.82, 2.24) is 5.32 Å². The van der Waals surface area contributed by atoms with E-state index in [0.717, 1.165) is 12.3 Å². The minimum atomic E-state index is -0.532. The van der Waals surface area contributed by atoms with Crippen LogP contribution in [0.1, 0.15) is 31.9 Å². The van der Waals surface area contributed by atoms with Crippen LogP contribution in [0.25, 0.3) is 0 Å². The highest BCUT2D eigenvalue weighted by atomic mass is 16.5. The number of benzene rings is 1. The van der Waals surface area contributed by atoms with Crippen LogP contribution in [0, 0.1) is 6.92 Å². The van der Waals surface area contributed by atoms with Gasteiger partial charge < -0.3 is 19.9 Å². The number of ether oxygens (including phenoxy) is 2. The fourth-order valence-electron chi connectivity index (χ4n) is 2.04. The first-order valence-corrected chi connectivity index (χ1v) is 7.46. The second kappa shape index (κ2) is 8.37. The molecular formula is C17H29NO3. The molecule has 1 atom stereocenters. The quantitative estimate of drug-likeness (QED) is 0.722. The average Bonchev–Trinajstić information content (AvgIpc) is 2.41. The number of nitrogens with one attached hydrogen (secondary N) is 1. The van der Waals surface area contributed by atoms with Gasteiger partial charge in [-0.1, -0.05) is 38.5 Å². The summed E-state index contributed by atoms with van der Waals surface area (Å²) in [5.74, 6) is 0.851. The zero-order valence-corrected chi connectivity index (χ0v) is 13.9. The monoisotopic (exact) mass is 295 g/mol. The summed E-state index contributed by atoms with van der Waals surface area (Å²) in [5, 5.41) is 13.1. The Kier molecular flexibility index (Phi) is 7.15. The summed E-state index contributed by atoms with van der Waals surface area (Å²) in [5.41, 5.74) is 2.40. The zero-order chi connectivity index (χ0) is 15.9. The van der Waals surface area contributed by atoms with Crippen LogP contribution in [-0.4, -0.2) is 44.6 Å². The Morgan fingerprint density at radius 3 is 2.62 bits per heavy atom. The van der Waals surface area contributed by atoms with Crippen LogP contribution in [0.2, 0.25) is 0 Å². The fraction of sp³-hybridized carbons (Fsp3) is 0.647. The molecule has 0 spiro atoms. The van der Waals surface area contributed by atoms with E-state index in [1.165, 1.54) is 11.1 Å². The van der Waals surface area contributed by atoms with Crippen molar-refractivity contribution in [3.8, 4) is 5.75 Å². The van der Waals surface area contributed by atoms with Gasteiger partial charge in [0.05, 0.1) is 6.61 Å². The van der Waals surface area contributed by atoms with Crippen LogP contribution in [0.15, 0.2) is 18.2 Å². The third-order valence-electron chi connectivity index (χ3n) is 3.24. The maximum absolute atomic E-state index is 9.93. The van der Waals surface area contributed by atoms with Crippen molar-refractivity contribution in [3.05, 3.63) is 29.3 Å². The van der Waals surface area contributed by atoms with E-state index in [4.69, 9.17) is 9.47 Å². The van der Waals surface area contributed by atoms with Crippen LogP contribution in [0.5, 0.6) is 5.75 Å². The van der Waals surface area contributed by atoms with Gasteiger partial charge in [-0.25, -0.2) is 0 Å². The minimum Gasteiger partial charge on any atom is -0.491 e. The number of methoxy groups -OCH3 is 1. The van der Waals surface area contributed by atoms with E-state index in [0.29, 0.717) is 13.2 Å². The highest BCUT2D eigenvalue weighted by molar-refractivity contribution is 5.41. The first-order chi connectivity index (χ1) is 9.84. The maximum atomic E-state index is 9.93. The average molecular weight is 295 g/mol. The molecule has 1 aromatic rings. The second-order valence-corrected chi connectivity index (χ2v) is 6.41. The minimum absolute atomic E-state index is 0.0169. The molecular weight excluding hydrogens is 266 g/mol. The molecule has 120 valence electrons. The van der Waals surface area contributed by atoms with Gasteiger partial charge in [-0.2, -0.15) is 0 Å². The van der Waals surface area contributed by atoms with Gasteiger partial charge >= 0.3 is 0 Å². The lowest BCUT2D eigenvalue weighted by molar-refractivity contribution is 0.102. The molecule has 0 saturated heterocycles. The Labute approximate surface area is 128 Å². The lowest BCUT2D eigenvalue weighted by atomic mass is 9.85. The van der Waals surface area contributed by atoms with Crippen molar-refractivity contribution in [1.29, 1.82) is 0 Å². The van der Waals surface area contributed by atoms with E-state index < -0.39 is 6.10 Å². The highest BCUT2D eigenvalue weighted by Gasteiger charge is 2.19. The molecule has 0 aliphatic heterocycles. The third kappa shape index (κ3) is 6.46. The van der Waals surface area contributed by atoms with E-state index in [9.17, 15) is 5.11 Å². The summed E-state index contributed by atoms with van der Waals surface area (Å²) >= 11 is 0. The molecule has 0 saturated carbocycles. The van der Waals surface area contributed by atoms with Crippen LogP contribution >= 0.6 is 0 Å². The van der Waals surface area contributed by atoms with E-state index >= 15 is 0 Å². The lowest BCUT2D eigenvalue weighted by Crippen LogP contribution is -2.33. The van der Waals surface area contributed by atoms with E-state index in [1.54, 1.807) is 7.11 Å². The molecule has 0 radical (unpaired) electrons. The Bertz CT molecular complexity index is 427. The summed E-state index contributed by atoms with van der Waals surface area (Å²) in [6, 6.07) is 6.17. The molecule has 2 N–H and O–H groups in total. The fourth-order valence-corrected chi connectivity index (χ4v) is 2.04. The molecule has 0 aliphatic carbocycles. The molecule has 0 aliphatic rings. The topological polar surface area (TPSA) is 50.7 Å². The number of aliphatic hydroxyl groups excluding tert-OH is 1. The summed E-state index contributed by atoms with van der Waals surface area (Å²) in [4.78, 5) is 0. The molecule has 1 unspecified atom stereocenters. The van der Waals surface area contributed by atoms with Crippen LogP contribution in [-0.2, 0) is 10.2 Å². The molecule has 0 bridgehead atoms. The van der Waals surface area contributed by atoms with Crippen molar-refractivity contribution >= 4 is 0 Å². The number of aliphatic hydroxyl groups is 1. The number of rotatable bonds is 8. The standard InChI is InChI=1S/C17H29NO3/c1-13-6-7-16(15(10-13)17(2,3)4)21-12-14(19)11-18-8-9-20-5/h6-7,10,14,18-19H,8-9,11-12H2,1-5H3. The molecule has 21 heavy (non-hydrogen) atoms. The molecule has 4 heteroatoms. The van der Waals surface area contributed by atoms with Crippen molar-refractivity contribution in [2.45, 2.75) is 39.2 Å². The number of aryl methyl sites for hydroxylation is 1. The Morgan fingerprint density at radius 2 is 2.00 bits per heavy atom. The van der Waals surface area contributed by atoms with Crippen molar-refractivity contribution in [3.63, 3.8) is 0 Å². The molecule has 0 heterocycles. The van der Waals surface area contributed by atoms with E-state index in [1.807, 2.05) is 12.1 Å². The van der Waals surface area contributed by atoms with Crippen molar-refractivity contribution < 1.29 is 14.6 Å². The Balaban J connectivity index is 2.55. The number of hydrogen-bond donors (Lipinski definition) is 2. The van der Waals surface area contributed by atoms with Crippen LogP contribution in [0.4, 0.5) is 0 Å². The van der Waals surface area contributed by atoms with E-state index in [2.05, 4.69) is 39.1 Å². The molecule has 0 amide bonds. The number of hydrogen-bond acceptors (Lipinski definition) is 4. The summed E-state index contributed by atoms with van der Waals surface area (Å²) < 4.78 is 10.8. The molecule has 0 aromatic heterocycles. The van der Waals surface area contributed by atoms with Crippen LogP contribution < -0.4 is 10.1 Å². The summed E-state index contributed by atoms with van der Waals surface area (Å²) in [6.07, 6.45) is -0.532. The van der Waals surface area contributed by atoms with Gasteiger partial charge in [0.25, 0.3) is 0 Å². The predicted molar refractivity (Wildman–Crippen MR) is 86.1 cm³/mol. The lowest BCUT2D eigenvalue weighted by Gasteiger charge is -2.24. The van der Waals surface area contributed by atoms with Gasteiger partial charge in [0.1, 0.15) is 18.5 Å². The van der Waals surface area contributed by atoms with Gasteiger partial charge in [-0.3, -0.25) is 0 Å². The zero-order valence-electron chi connectivity index (χ0n) is 13.9. The molecule has 1 aromatic carbocycles. The second-order valence-electron chi connectivity index (χ2n) is 6.41. The summed E-state index contributed by atoms with van der Waals surface area (Å²) in [6.45, 7) is 10.7. The largest absolute Gasteiger partial charge is 0.491 e. The van der Waals surface area contributed by atoms with E-state index in [-0.39, 0.29) is 12.0 Å². The van der Waals surface area contributed by atoms with Gasteiger partial charge in [-0.15, -0.1) is 0 Å². The SMILES string of the molecule is COCCNCC(O)COc1ccc(C)cc1C(C)(C)C. The Morgan fingerprint density at radius 1 is 1.29 bits per heavy atom. The van der Waals surface area contributed by atoms with Gasteiger partial charge in [-0.05, 0) is 24.0 Å². The van der Waals surface area contributed by atoms with Gasteiger partial charge in [0, 0.05) is 20.2 Å². The third-order valence-corrected chi connectivity index (χ3v) is 3.24. The molecule has 0 fully saturated rings. The first-order valence-electron chi connectivity index (χ1n) is 7.46. The first kappa shape index (κ1) is 18.0. The predicted octanol–water partition coefficient (Wildman–Crippen LogP) is 2.27.